The second-order valence-corrected chi connectivity index (χ2v) is 6.77. The normalized spacial score (nSPS) is 11.2. The van der Waals surface area contributed by atoms with Gasteiger partial charge in [-0.15, -0.1) is 0 Å². The Hall–Kier alpha value is -2.38. The summed E-state index contributed by atoms with van der Waals surface area (Å²) in [5.74, 6) is -1.18. The number of anilines is 1. The van der Waals surface area contributed by atoms with Crippen molar-refractivity contribution >= 4 is 21.7 Å². The van der Waals surface area contributed by atoms with Gasteiger partial charge in [0.25, 0.3) is 0 Å². The van der Waals surface area contributed by atoms with Gasteiger partial charge in [-0.05, 0) is 37.2 Å². The molecular weight excluding hydrogens is 316 g/mol. The summed E-state index contributed by atoms with van der Waals surface area (Å²) in [7, 11) is -2.40. The number of carboxylic acid groups (broad SMARTS) is 1. The van der Waals surface area contributed by atoms with Gasteiger partial charge in [0.1, 0.15) is 0 Å². The Morgan fingerprint density at radius 2 is 1.83 bits per heavy atom. The quantitative estimate of drug-likeness (QED) is 0.719. The molecule has 6 nitrogen and oxygen atoms in total. The molecule has 2 aromatic rings. The SMILES string of the molecule is CNS(=O)(=O)c1ccc(NCCc2ccccc2)c(C(=O)O)c1. The molecule has 7 heteroatoms. The second kappa shape index (κ2) is 7.26. The largest absolute Gasteiger partial charge is 0.478 e. The second-order valence-electron chi connectivity index (χ2n) is 4.88. The molecule has 0 amide bonds. The van der Waals surface area contributed by atoms with Crippen LogP contribution in [-0.4, -0.2) is 33.1 Å². The summed E-state index contributed by atoms with van der Waals surface area (Å²) in [5.41, 5.74) is 1.45. The monoisotopic (exact) mass is 334 g/mol. The van der Waals surface area contributed by atoms with Crippen molar-refractivity contribution in [2.75, 3.05) is 18.9 Å². The lowest BCUT2D eigenvalue weighted by atomic mass is 10.1. The molecule has 2 rings (SSSR count). The van der Waals surface area contributed by atoms with Crippen molar-refractivity contribution in [2.24, 2.45) is 0 Å². The van der Waals surface area contributed by atoms with Crippen LogP contribution in [0.4, 0.5) is 5.69 Å². The Balaban J connectivity index is 2.17. The average molecular weight is 334 g/mol. The molecule has 0 unspecified atom stereocenters. The average Bonchev–Trinajstić information content (AvgIpc) is 2.55. The number of hydrogen-bond donors (Lipinski definition) is 3. The van der Waals surface area contributed by atoms with E-state index in [0.717, 1.165) is 18.1 Å². The highest BCUT2D eigenvalue weighted by Gasteiger charge is 2.17. The van der Waals surface area contributed by atoms with Crippen molar-refractivity contribution in [1.82, 2.24) is 4.72 Å². The first-order chi connectivity index (χ1) is 10.9. The lowest BCUT2D eigenvalue weighted by Crippen LogP contribution is -2.19. The third kappa shape index (κ3) is 4.30. The standard InChI is InChI=1S/C16H18N2O4S/c1-17-23(21,22)13-7-8-15(14(11-13)16(19)20)18-10-9-12-5-3-2-4-6-12/h2-8,11,17-18H,9-10H2,1H3,(H,19,20). The Morgan fingerprint density at radius 3 is 2.43 bits per heavy atom. The van der Waals surface area contributed by atoms with Gasteiger partial charge in [0.2, 0.25) is 10.0 Å². The van der Waals surface area contributed by atoms with Crippen LogP contribution >= 0.6 is 0 Å². The van der Waals surface area contributed by atoms with Crippen LogP contribution in [0.5, 0.6) is 0 Å². The molecule has 0 bridgehead atoms. The molecule has 0 aliphatic rings. The van der Waals surface area contributed by atoms with Crippen molar-refractivity contribution in [3.05, 3.63) is 59.7 Å². The van der Waals surface area contributed by atoms with Crippen LogP contribution in [0.2, 0.25) is 0 Å². The fourth-order valence-corrected chi connectivity index (χ4v) is 2.88. The first-order valence-electron chi connectivity index (χ1n) is 7.03. The van der Waals surface area contributed by atoms with Gasteiger partial charge in [-0.25, -0.2) is 17.9 Å². The maximum atomic E-state index is 11.8. The van der Waals surface area contributed by atoms with E-state index in [1.54, 1.807) is 0 Å². The predicted octanol–water partition coefficient (Wildman–Crippen LogP) is 1.95. The summed E-state index contributed by atoms with van der Waals surface area (Å²) in [6.07, 6.45) is 0.733. The lowest BCUT2D eigenvalue weighted by molar-refractivity contribution is 0.0697. The number of aromatic carboxylic acids is 1. The van der Waals surface area contributed by atoms with E-state index in [1.807, 2.05) is 30.3 Å². The van der Waals surface area contributed by atoms with Gasteiger partial charge in [0, 0.05) is 12.2 Å². The van der Waals surface area contributed by atoms with E-state index in [4.69, 9.17) is 0 Å². The molecule has 3 N–H and O–H groups in total. The molecule has 2 aromatic carbocycles. The van der Waals surface area contributed by atoms with Gasteiger partial charge in [-0.3, -0.25) is 0 Å². The van der Waals surface area contributed by atoms with Gasteiger partial charge < -0.3 is 10.4 Å². The topological polar surface area (TPSA) is 95.5 Å². The number of carbonyl (C=O) groups is 1. The maximum absolute atomic E-state index is 11.8. The summed E-state index contributed by atoms with van der Waals surface area (Å²) >= 11 is 0. The Morgan fingerprint density at radius 1 is 1.13 bits per heavy atom. The zero-order valence-corrected chi connectivity index (χ0v) is 13.4. The van der Waals surface area contributed by atoms with Gasteiger partial charge in [-0.2, -0.15) is 0 Å². The molecule has 0 saturated heterocycles. The van der Waals surface area contributed by atoms with Crippen LogP contribution in [-0.2, 0) is 16.4 Å². The van der Waals surface area contributed by atoms with Crippen molar-refractivity contribution in [3.63, 3.8) is 0 Å². The third-order valence-electron chi connectivity index (χ3n) is 3.37. The number of sulfonamides is 1. The highest BCUT2D eigenvalue weighted by molar-refractivity contribution is 7.89. The minimum absolute atomic E-state index is 0.0746. The van der Waals surface area contributed by atoms with Gasteiger partial charge >= 0.3 is 5.97 Å². The Kier molecular flexibility index (Phi) is 5.36. The molecule has 122 valence electrons. The zero-order chi connectivity index (χ0) is 16.9. The maximum Gasteiger partial charge on any atom is 0.337 e. The molecule has 0 saturated carbocycles. The molecule has 23 heavy (non-hydrogen) atoms. The van der Waals surface area contributed by atoms with Crippen LogP contribution in [0.15, 0.2) is 53.4 Å². The molecular formula is C16H18N2O4S. The number of nitrogens with one attached hydrogen (secondary N) is 2. The van der Waals surface area contributed by atoms with Crippen molar-refractivity contribution in [3.8, 4) is 0 Å². The zero-order valence-electron chi connectivity index (χ0n) is 12.6. The van der Waals surface area contributed by atoms with E-state index in [9.17, 15) is 18.3 Å². The van der Waals surface area contributed by atoms with Crippen LogP contribution in [0.25, 0.3) is 0 Å². The van der Waals surface area contributed by atoms with Crippen molar-refractivity contribution < 1.29 is 18.3 Å². The van der Waals surface area contributed by atoms with E-state index in [0.29, 0.717) is 12.2 Å². The minimum atomic E-state index is -3.68. The molecule has 0 aromatic heterocycles. The summed E-state index contributed by atoms with van der Waals surface area (Å²) in [5, 5.41) is 12.3. The van der Waals surface area contributed by atoms with Crippen LogP contribution < -0.4 is 10.0 Å². The number of benzene rings is 2. The molecule has 0 aliphatic carbocycles. The molecule has 0 fully saturated rings. The fraction of sp³-hybridized carbons (Fsp3) is 0.188. The highest BCUT2D eigenvalue weighted by Crippen LogP contribution is 2.20. The van der Waals surface area contributed by atoms with Gasteiger partial charge in [0.15, 0.2) is 0 Å². The minimum Gasteiger partial charge on any atom is -0.478 e. The van der Waals surface area contributed by atoms with Crippen LogP contribution in [0.1, 0.15) is 15.9 Å². The van der Waals surface area contributed by atoms with Crippen molar-refractivity contribution in [1.29, 1.82) is 0 Å². The molecule has 0 atom stereocenters. The number of rotatable bonds is 7. The first kappa shape index (κ1) is 17.0. The summed E-state index contributed by atoms with van der Waals surface area (Å²) in [4.78, 5) is 11.3. The van der Waals surface area contributed by atoms with E-state index >= 15 is 0 Å². The Bertz CT molecular complexity index is 789. The predicted molar refractivity (Wildman–Crippen MR) is 88.3 cm³/mol. The molecule has 0 spiro atoms. The van der Waals surface area contributed by atoms with Gasteiger partial charge in [-0.1, -0.05) is 30.3 Å². The highest BCUT2D eigenvalue weighted by atomic mass is 32.2. The summed E-state index contributed by atoms with van der Waals surface area (Å²) in [6.45, 7) is 0.544. The van der Waals surface area contributed by atoms with Crippen LogP contribution in [0, 0.1) is 0 Å². The van der Waals surface area contributed by atoms with E-state index in [-0.39, 0.29) is 10.5 Å². The first-order valence-corrected chi connectivity index (χ1v) is 8.51. The molecule has 0 heterocycles. The molecule has 0 aliphatic heterocycles. The number of carboxylic acids is 1. The van der Waals surface area contributed by atoms with E-state index < -0.39 is 16.0 Å². The van der Waals surface area contributed by atoms with Crippen molar-refractivity contribution in [2.45, 2.75) is 11.3 Å². The van der Waals surface area contributed by atoms with E-state index in [1.165, 1.54) is 19.2 Å². The fourth-order valence-electron chi connectivity index (χ4n) is 2.13. The van der Waals surface area contributed by atoms with Crippen LogP contribution in [0.3, 0.4) is 0 Å². The van der Waals surface area contributed by atoms with E-state index in [2.05, 4.69) is 10.0 Å². The lowest BCUT2D eigenvalue weighted by Gasteiger charge is -2.11. The summed E-state index contributed by atoms with van der Waals surface area (Å²) in [6, 6.07) is 13.8. The van der Waals surface area contributed by atoms with Gasteiger partial charge in [0.05, 0.1) is 10.5 Å². The summed E-state index contributed by atoms with van der Waals surface area (Å²) < 4.78 is 25.7. The molecule has 0 radical (unpaired) electrons. The number of hydrogen-bond acceptors (Lipinski definition) is 4. The smallest absolute Gasteiger partial charge is 0.337 e. The third-order valence-corrected chi connectivity index (χ3v) is 4.78. The Labute approximate surface area is 135 Å².